The number of rotatable bonds is 24. The second kappa shape index (κ2) is 38.0. The SMILES string of the molecule is C#CCCC(=O)N1CC(=O)NC(=O)C1.C#CCCC(=O)O.CC[C@@](O)(Cn1nncc1CCC(=O)N1CC(=O)NC(=O)C1)c1ccc(F)c(OCC2CC2)c1.CC[C@@](O)(Cn1nncc1CCC(=O)N1CC(=O)NC(=O)C1)c1ccc(F)c(OCC2CC2)c1.Cl.O=C1CNCC(=O)N1. The van der Waals surface area contributed by atoms with Crippen LogP contribution in [0.1, 0.15) is 113 Å². The van der Waals surface area contributed by atoms with Gasteiger partial charge in [-0.1, -0.05) is 36.4 Å². The van der Waals surface area contributed by atoms with Gasteiger partial charge in [-0.3, -0.25) is 84.1 Å². The minimum Gasteiger partial charge on any atom is -0.490 e. The number of hydrogen-bond acceptors (Lipinski definition) is 21. The highest BCUT2D eigenvalue weighted by atomic mass is 35.5. The summed E-state index contributed by atoms with van der Waals surface area (Å²) in [5, 5.41) is 57.9. The molecule has 6 heterocycles. The number of ether oxygens (including phenoxy) is 2. The maximum absolute atomic E-state index is 14.2. The first-order valence-electron chi connectivity index (χ1n) is 31.2. The lowest BCUT2D eigenvalue weighted by Gasteiger charge is -2.28. The second-order valence-electron chi connectivity index (χ2n) is 23.4. The summed E-state index contributed by atoms with van der Waals surface area (Å²) in [6, 6.07) is 8.69. The molecule has 34 heteroatoms. The molecule has 6 fully saturated rings. The third kappa shape index (κ3) is 25.5. The molecule has 2 aliphatic carbocycles. The van der Waals surface area contributed by atoms with E-state index in [9.17, 15) is 76.5 Å². The Morgan fingerprint density at radius 1 is 0.551 bits per heavy atom. The lowest BCUT2D eigenvalue weighted by molar-refractivity contribution is -0.145. The Morgan fingerprint density at radius 3 is 1.18 bits per heavy atom. The third-order valence-corrected chi connectivity index (χ3v) is 15.6. The molecule has 2 aromatic heterocycles. The molecule has 8 N–H and O–H groups in total. The number of carbonyl (C=O) groups is 12. The number of halogens is 3. The van der Waals surface area contributed by atoms with E-state index in [1.807, 2.05) is 13.8 Å². The van der Waals surface area contributed by atoms with E-state index in [-0.39, 0.29) is 157 Å². The second-order valence-corrected chi connectivity index (χ2v) is 23.4. The summed E-state index contributed by atoms with van der Waals surface area (Å²) in [4.78, 5) is 138. The molecule has 10 rings (SSSR count). The average Bonchev–Trinajstić information content (AvgIpc) is 1.24. The van der Waals surface area contributed by atoms with Crippen molar-refractivity contribution in [3.63, 3.8) is 0 Å². The number of aliphatic hydroxyl groups is 2. The number of carbonyl (C=O) groups excluding carboxylic acids is 11. The maximum atomic E-state index is 14.2. The molecule has 0 radical (unpaired) electrons. The Balaban J connectivity index is 0.000000251. The van der Waals surface area contributed by atoms with E-state index in [0.29, 0.717) is 73.2 Å². The molecule has 4 aliphatic heterocycles. The number of aliphatic carboxylic acids is 1. The van der Waals surface area contributed by atoms with Gasteiger partial charge in [0.15, 0.2) is 23.1 Å². The van der Waals surface area contributed by atoms with Crippen molar-refractivity contribution in [2.75, 3.05) is 65.6 Å². The number of imide groups is 4. The standard InChI is InChI=1S/2C23H28FN5O5.C9H10N2O3.C5H6O2.C4H6N2O2.ClH/c2*1-2-23(33,16-5-7-18(24)19(9-16)34-13-15-3-4-15)14-29-17(10-25-27-29)6-8-22(32)28-11-20(30)26-21(31)12-28;1-2-3-4-9(14)11-5-7(12)10-8(13)6-11;1-2-3-4-5(6)7;7-3-1-5-2-4(8)6-3;/h2*5,7,9-10,15,33H,2-4,6,8,11-14H2,1H3,(H,26,30,31);1H,3-6H2,(H,10,12,13);1H,3-4H2,(H,6,7);5H,1-2H2,(H,6,7,8);1H/t2*23-;;;;/m11..../s1. The van der Waals surface area contributed by atoms with Gasteiger partial charge in [0.1, 0.15) is 50.5 Å². The zero-order chi connectivity index (χ0) is 70.8. The minimum atomic E-state index is -1.37. The molecular weight excluding hydrogens is 1310 g/mol. The molecule has 6 aliphatic rings. The molecule has 2 atom stereocenters. The fourth-order valence-corrected chi connectivity index (χ4v) is 9.59. The summed E-state index contributed by atoms with van der Waals surface area (Å²) >= 11 is 0. The van der Waals surface area contributed by atoms with Crippen molar-refractivity contribution < 1.29 is 91.1 Å². The zero-order valence-corrected chi connectivity index (χ0v) is 54.9. The van der Waals surface area contributed by atoms with E-state index in [4.69, 9.17) is 27.4 Å². The molecule has 528 valence electrons. The number of aromatic nitrogens is 6. The van der Waals surface area contributed by atoms with Crippen LogP contribution in [0.5, 0.6) is 11.5 Å². The van der Waals surface area contributed by atoms with Crippen LogP contribution in [0.2, 0.25) is 0 Å². The van der Waals surface area contributed by atoms with Gasteiger partial charge in [-0.2, -0.15) is 0 Å². The zero-order valence-electron chi connectivity index (χ0n) is 54.1. The minimum absolute atomic E-state index is 0. The molecule has 98 heavy (non-hydrogen) atoms. The van der Waals surface area contributed by atoms with Crippen LogP contribution in [-0.4, -0.2) is 197 Å². The Labute approximate surface area is 568 Å². The molecule has 4 aromatic rings. The van der Waals surface area contributed by atoms with E-state index < -0.39 is 64.2 Å². The van der Waals surface area contributed by atoms with Gasteiger partial charge in [0.2, 0.25) is 65.0 Å². The van der Waals surface area contributed by atoms with Crippen molar-refractivity contribution in [3.05, 3.63) is 82.9 Å². The number of carboxylic acid groups (broad SMARTS) is 1. The van der Waals surface area contributed by atoms with Crippen molar-refractivity contribution in [1.82, 2.24) is 71.3 Å². The van der Waals surface area contributed by atoms with Crippen molar-refractivity contribution in [1.29, 1.82) is 0 Å². The first kappa shape index (κ1) is 78.6. The van der Waals surface area contributed by atoms with E-state index in [0.717, 1.165) is 25.7 Å². The highest BCUT2D eigenvalue weighted by molar-refractivity contribution is 6.04. The van der Waals surface area contributed by atoms with Gasteiger partial charge in [0, 0.05) is 32.1 Å². The number of piperazine rings is 4. The Bertz CT molecular complexity index is 3410. The van der Waals surface area contributed by atoms with Crippen LogP contribution in [-0.2, 0) is 94.7 Å². The number of nitrogens with one attached hydrogen (secondary N) is 5. The first-order valence-corrected chi connectivity index (χ1v) is 31.2. The number of terminal acetylenes is 2. The lowest BCUT2D eigenvalue weighted by atomic mass is 9.90. The van der Waals surface area contributed by atoms with Gasteiger partial charge in [0.05, 0.1) is 69.6 Å². The van der Waals surface area contributed by atoms with Crippen LogP contribution in [0.15, 0.2) is 48.8 Å². The summed E-state index contributed by atoms with van der Waals surface area (Å²) in [5.41, 5.74) is -0.513. The van der Waals surface area contributed by atoms with Gasteiger partial charge in [0.25, 0.3) is 0 Å². The predicted molar refractivity (Wildman–Crippen MR) is 341 cm³/mol. The number of amides is 11. The van der Waals surface area contributed by atoms with Crippen LogP contribution in [0, 0.1) is 48.2 Å². The molecule has 2 saturated carbocycles. The summed E-state index contributed by atoms with van der Waals surface area (Å²) in [5.74, 6) is -0.461. The molecule has 0 unspecified atom stereocenters. The number of hydrogen-bond donors (Lipinski definition) is 8. The van der Waals surface area contributed by atoms with E-state index in [1.54, 1.807) is 0 Å². The summed E-state index contributed by atoms with van der Waals surface area (Å²) in [7, 11) is 0. The van der Waals surface area contributed by atoms with E-state index in [1.165, 1.54) is 72.9 Å². The third-order valence-electron chi connectivity index (χ3n) is 15.6. The normalized spacial score (nSPS) is 16.9. The van der Waals surface area contributed by atoms with Crippen molar-refractivity contribution >= 4 is 83.4 Å². The Kier molecular flexibility index (Phi) is 30.5. The molecule has 0 bridgehead atoms. The molecule has 31 nitrogen and oxygen atoms in total. The van der Waals surface area contributed by atoms with Crippen molar-refractivity contribution in [2.24, 2.45) is 11.8 Å². The molecular formula is C64H79ClF2N14O17. The van der Waals surface area contributed by atoms with Crippen LogP contribution in [0.3, 0.4) is 0 Å². The fraction of sp³-hybridized carbons (Fsp3) is 0.500. The van der Waals surface area contributed by atoms with Gasteiger partial charge in [-0.05, 0) is 98.6 Å². The highest BCUT2D eigenvalue weighted by Gasteiger charge is 2.35. The van der Waals surface area contributed by atoms with Crippen molar-refractivity contribution in [2.45, 2.75) is 128 Å². The maximum Gasteiger partial charge on any atom is 0.304 e. The number of nitrogens with zero attached hydrogens (tertiary/aromatic N) is 9. The number of aryl methyl sites for hydroxylation is 2. The summed E-state index contributed by atoms with van der Waals surface area (Å²) in [6.45, 7) is 4.38. The van der Waals surface area contributed by atoms with Gasteiger partial charge in [-0.15, -0.1) is 47.3 Å². The lowest BCUT2D eigenvalue weighted by Crippen LogP contribution is -2.53. The molecule has 0 spiro atoms. The van der Waals surface area contributed by atoms with E-state index >= 15 is 0 Å². The predicted octanol–water partition coefficient (Wildman–Crippen LogP) is -0.134. The average molecular weight is 1390 g/mol. The van der Waals surface area contributed by atoms with Crippen LogP contribution >= 0.6 is 12.4 Å². The van der Waals surface area contributed by atoms with E-state index in [2.05, 4.69) is 59.0 Å². The van der Waals surface area contributed by atoms with Crippen LogP contribution < -0.4 is 36.1 Å². The van der Waals surface area contributed by atoms with Gasteiger partial charge >= 0.3 is 5.97 Å². The largest absolute Gasteiger partial charge is 0.490 e. The first-order chi connectivity index (χ1) is 46.2. The number of benzene rings is 2. The Hall–Kier alpha value is -10.1. The summed E-state index contributed by atoms with van der Waals surface area (Å²) < 4.78 is 42.7. The molecule has 4 saturated heterocycles. The van der Waals surface area contributed by atoms with Crippen LogP contribution in [0.4, 0.5) is 8.78 Å². The van der Waals surface area contributed by atoms with Crippen molar-refractivity contribution in [3.8, 4) is 36.2 Å². The van der Waals surface area contributed by atoms with Gasteiger partial charge in [-0.25, -0.2) is 18.1 Å². The molecule has 11 amide bonds. The monoisotopic (exact) mass is 1390 g/mol. The molecule has 2 aromatic carbocycles. The number of carboxylic acids is 1. The smallest absolute Gasteiger partial charge is 0.304 e. The topological polar surface area (TPSA) is 415 Å². The Morgan fingerprint density at radius 2 is 0.888 bits per heavy atom. The summed E-state index contributed by atoms with van der Waals surface area (Å²) in [6.07, 6.45) is 19.3. The van der Waals surface area contributed by atoms with Gasteiger partial charge < -0.3 is 39.5 Å². The van der Waals surface area contributed by atoms with Crippen LogP contribution in [0.25, 0.3) is 0 Å². The fourth-order valence-electron chi connectivity index (χ4n) is 9.59. The highest BCUT2D eigenvalue weighted by Crippen LogP contribution is 2.36. The quantitative estimate of drug-likeness (QED) is 0.0334.